The van der Waals surface area contributed by atoms with Crippen LogP contribution in [0.2, 0.25) is 0 Å². The Hall–Kier alpha value is -0.120. The van der Waals surface area contributed by atoms with Crippen molar-refractivity contribution in [2.75, 3.05) is 19.6 Å². The first-order valence-corrected chi connectivity index (χ1v) is 6.54. The molecule has 0 aromatic rings. The van der Waals surface area contributed by atoms with Crippen LogP contribution in [0.3, 0.4) is 0 Å². The van der Waals surface area contributed by atoms with Crippen LogP contribution in [0.25, 0.3) is 0 Å². The van der Waals surface area contributed by atoms with Crippen LogP contribution in [0.15, 0.2) is 0 Å². The molecule has 1 heterocycles. The number of rotatable bonds is 2. The average Bonchev–Trinajstić information content (AvgIpc) is 2.14. The van der Waals surface area contributed by atoms with E-state index in [1.807, 2.05) is 0 Å². The van der Waals surface area contributed by atoms with Gasteiger partial charge in [0.15, 0.2) is 0 Å². The van der Waals surface area contributed by atoms with Crippen LogP contribution in [-0.4, -0.2) is 40.8 Å². The van der Waals surface area contributed by atoms with E-state index in [1.54, 1.807) is 0 Å². The van der Waals surface area contributed by atoms with Gasteiger partial charge in [0.05, 0.1) is 11.1 Å². The number of nitrogens with zero attached hydrogens (tertiary/aromatic N) is 1. The lowest BCUT2D eigenvalue weighted by Gasteiger charge is -2.60. The lowest BCUT2D eigenvalue weighted by atomic mass is 9.53. The molecule has 3 N–H and O–H groups in total. The molecule has 0 aromatic carbocycles. The summed E-state index contributed by atoms with van der Waals surface area (Å²) in [4.78, 5) is 2.37. The summed E-state index contributed by atoms with van der Waals surface area (Å²) in [5, 5.41) is 10.7. The van der Waals surface area contributed by atoms with Gasteiger partial charge in [0.1, 0.15) is 0 Å². The number of nitrogens with two attached hydrogens (primary N) is 1. The van der Waals surface area contributed by atoms with Gasteiger partial charge in [-0.2, -0.15) is 0 Å². The van der Waals surface area contributed by atoms with Gasteiger partial charge in [0.2, 0.25) is 0 Å². The molecule has 2 fully saturated rings. The fraction of sp³-hybridized carbons (Fsp3) is 1.00. The molecule has 1 unspecified atom stereocenters. The normalized spacial score (nSPS) is 38.1. The van der Waals surface area contributed by atoms with E-state index in [0.29, 0.717) is 0 Å². The third-order valence-electron chi connectivity index (χ3n) is 4.52. The van der Waals surface area contributed by atoms with Gasteiger partial charge in [0, 0.05) is 6.54 Å². The van der Waals surface area contributed by atoms with E-state index in [0.717, 1.165) is 45.3 Å². The molecule has 0 bridgehead atoms. The predicted octanol–water partition coefficient (Wildman–Crippen LogP) is 1.35. The summed E-state index contributed by atoms with van der Waals surface area (Å²) < 4.78 is 0. The maximum absolute atomic E-state index is 10.7. The SMILES string of the molecule is CCN1CCCC(N)(C2(O)CC(C)(C)C2)C1. The van der Waals surface area contributed by atoms with E-state index < -0.39 is 5.60 Å². The van der Waals surface area contributed by atoms with Gasteiger partial charge in [0.25, 0.3) is 0 Å². The minimum absolute atomic E-state index is 0.273. The van der Waals surface area contributed by atoms with Crippen molar-refractivity contribution in [3.63, 3.8) is 0 Å². The molecule has 1 aliphatic heterocycles. The van der Waals surface area contributed by atoms with Crippen molar-refractivity contribution in [3.05, 3.63) is 0 Å². The van der Waals surface area contributed by atoms with Crippen molar-refractivity contribution >= 4 is 0 Å². The summed E-state index contributed by atoms with van der Waals surface area (Å²) in [6.45, 7) is 9.63. The second-order valence-electron chi connectivity index (χ2n) is 6.68. The first-order chi connectivity index (χ1) is 7.30. The first kappa shape index (κ1) is 12.3. The zero-order valence-electron chi connectivity index (χ0n) is 10.9. The third-order valence-corrected chi connectivity index (χ3v) is 4.52. The molecule has 0 amide bonds. The van der Waals surface area contributed by atoms with Crippen LogP contribution in [0.1, 0.15) is 46.5 Å². The average molecular weight is 226 g/mol. The van der Waals surface area contributed by atoms with Gasteiger partial charge in [-0.15, -0.1) is 0 Å². The molecule has 2 rings (SSSR count). The van der Waals surface area contributed by atoms with E-state index in [4.69, 9.17) is 5.73 Å². The zero-order chi connectivity index (χ0) is 12.0. The Balaban J connectivity index is 2.07. The van der Waals surface area contributed by atoms with Crippen molar-refractivity contribution in [1.82, 2.24) is 4.90 Å². The highest BCUT2D eigenvalue weighted by molar-refractivity contribution is 5.15. The molecule has 3 heteroatoms. The number of hydrogen-bond acceptors (Lipinski definition) is 3. The molecule has 0 aromatic heterocycles. The van der Waals surface area contributed by atoms with E-state index in [-0.39, 0.29) is 11.0 Å². The van der Waals surface area contributed by atoms with Gasteiger partial charge in [-0.05, 0) is 44.2 Å². The maximum Gasteiger partial charge on any atom is 0.0849 e. The Bertz CT molecular complexity index is 269. The second-order valence-corrected chi connectivity index (χ2v) is 6.68. The van der Waals surface area contributed by atoms with E-state index in [2.05, 4.69) is 25.7 Å². The minimum Gasteiger partial charge on any atom is -0.388 e. The van der Waals surface area contributed by atoms with Crippen LogP contribution in [0.5, 0.6) is 0 Å². The topological polar surface area (TPSA) is 49.5 Å². The van der Waals surface area contributed by atoms with E-state index >= 15 is 0 Å². The lowest BCUT2D eigenvalue weighted by molar-refractivity contribution is -0.173. The number of aliphatic hydroxyl groups is 1. The quantitative estimate of drug-likeness (QED) is 0.747. The Labute approximate surface area is 99.0 Å². The summed E-state index contributed by atoms with van der Waals surface area (Å²) in [6.07, 6.45) is 3.80. The molecule has 1 saturated heterocycles. The number of hydrogen-bond donors (Lipinski definition) is 2. The second kappa shape index (κ2) is 3.69. The molecular formula is C13H26N2O. The predicted molar refractivity (Wildman–Crippen MR) is 66.2 cm³/mol. The molecule has 1 atom stereocenters. The highest BCUT2D eigenvalue weighted by atomic mass is 16.3. The summed E-state index contributed by atoms with van der Waals surface area (Å²) in [7, 11) is 0. The zero-order valence-corrected chi connectivity index (χ0v) is 10.9. The monoisotopic (exact) mass is 226 g/mol. The van der Waals surface area contributed by atoms with Crippen LogP contribution in [0.4, 0.5) is 0 Å². The molecular weight excluding hydrogens is 200 g/mol. The molecule has 3 nitrogen and oxygen atoms in total. The van der Waals surface area contributed by atoms with Crippen molar-refractivity contribution in [1.29, 1.82) is 0 Å². The summed E-state index contributed by atoms with van der Waals surface area (Å²) in [5.41, 5.74) is 5.77. The third kappa shape index (κ3) is 1.89. The Morgan fingerprint density at radius 1 is 1.31 bits per heavy atom. The minimum atomic E-state index is -0.621. The van der Waals surface area contributed by atoms with Gasteiger partial charge in [-0.1, -0.05) is 20.8 Å². The lowest BCUT2D eigenvalue weighted by Crippen LogP contribution is -2.73. The van der Waals surface area contributed by atoms with Crippen molar-refractivity contribution in [3.8, 4) is 0 Å². The highest BCUT2D eigenvalue weighted by Gasteiger charge is 2.59. The standard InChI is InChI=1S/C13H26N2O/c1-4-15-7-5-6-12(14,10-15)13(16)8-11(2,3)9-13/h16H,4-10,14H2,1-3H3. The Morgan fingerprint density at radius 2 is 1.94 bits per heavy atom. The van der Waals surface area contributed by atoms with Crippen molar-refractivity contribution in [2.45, 2.75) is 57.6 Å². The smallest absolute Gasteiger partial charge is 0.0849 e. The van der Waals surface area contributed by atoms with Gasteiger partial charge >= 0.3 is 0 Å². The molecule has 0 spiro atoms. The molecule has 2 aliphatic rings. The molecule has 16 heavy (non-hydrogen) atoms. The van der Waals surface area contributed by atoms with E-state index in [9.17, 15) is 5.11 Å². The first-order valence-electron chi connectivity index (χ1n) is 6.54. The van der Waals surface area contributed by atoms with Crippen LogP contribution in [-0.2, 0) is 0 Å². The fourth-order valence-electron chi connectivity index (χ4n) is 3.71. The van der Waals surface area contributed by atoms with Gasteiger partial charge in [-0.25, -0.2) is 0 Å². The van der Waals surface area contributed by atoms with E-state index in [1.165, 1.54) is 0 Å². The Morgan fingerprint density at radius 3 is 2.44 bits per heavy atom. The van der Waals surface area contributed by atoms with Crippen molar-refractivity contribution < 1.29 is 5.11 Å². The number of piperidine rings is 1. The summed E-state index contributed by atoms with van der Waals surface area (Å²) >= 11 is 0. The number of likely N-dealkylation sites (tertiary alicyclic amines) is 1. The molecule has 1 saturated carbocycles. The molecule has 0 radical (unpaired) electrons. The van der Waals surface area contributed by atoms with Gasteiger partial charge < -0.3 is 15.7 Å². The molecule has 1 aliphatic carbocycles. The van der Waals surface area contributed by atoms with Crippen LogP contribution in [0, 0.1) is 5.41 Å². The van der Waals surface area contributed by atoms with Gasteiger partial charge in [-0.3, -0.25) is 0 Å². The fourth-order valence-corrected chi connectivity index (χ4v) is 3.71. The Kier molecular flexibility index (Phi) is 2.84. The summed E-state index contributed by atoms with van der Waals surface area (Å²) in [5.74, 6) is 0. The number of likely N-dealkylation sites (N-methyl/N-ethyl adjacent to an activating group) is 1. The van der Waals surface area contributed by atoms with Crippen molar-refractivity contribution in [2.24, 2.45) is 11.1 Å². The highest BCUT2D eigenvalue weighted by Crippen LogP contribution is 2.53. The summed E-state index contributed by atoms with van der Waals surface area (Å²) in [6, 6.07) is 0. The van der Waals surface area contributed by atoms with Crippen LogP contribution >= 0.6 is 0 Å². The molecule has 94 valence electrons. The maximum atomic E-state index is 10.7. The van der Waals surface area contributed by atoms with Crippen LogP contribution < -0.4 is 5.73 Å². The largest absolute Gasteiger partial charge is 0.388 e.